The fourth-order valence-electron chi connectivity index (χ4n) is 2.26. The summed E-state index contributed by atoms with van der Waals surface area (Å²) in [5.74, 6) is 0.960. The fraction of sp³-hybridized carbons (Fsp3) is 0.938. The molecule has 0 saturated carbocycles. The third-order valence-corrected chi connectivity index (χ3v) is 3.50. The Kier molecular flexibility index (Phi) is 13.1. The number of rotatable bonds is 12. The van der Waals surface area contributed by atoms with Crippen LogP contribution in [0.3, 0.4) is 0 Å². The minimum Gasteiger partial charge on any atom is -0.0654 e. The van der Waals surface area contributed by atoms with Crippen LogP contribution in [0, 0.1) is 12.8 Å². The molecule has 0 N–H and O–H groups in total. The highest BCUT2D eigenvalue weighted by molar-refractivity contribution is 4.55. The molecule has 0 aromatic rings. The van der Waals surface area contributed by atoms with Crippen LogP contribution in [0.2, 0.25) is 0 Å². The van der Waals surface area contributed by atoms with Crippen LogP contribution in [-0.4, -0.2) is 0 Å². The van der Waals surface area contributed by atoms with Crippen LogP contribution in [0.15, 0.2) is 0 Å². The van der Waals surface area contributed by atoms with Crippen molar-refractivity contribution in [3.8, 4) is 0 Å². The van der Waals surface area contributed by atoms with Gasteiger partial charge in [-0.2, -0.15) is 0 Å². The molecule has 0 aliphatic heterocycles. The summed E-state index contributed by atoms with van der Waals surface area (Å²) in [6, 6.07) is 0. The molecule has 0 aliphatic rings. The van der Waals surface area contributed by atoms with E-state index in [1.54, 1.807) is 0 Å². The summed E-state index contributed by atoms with van der Waals surface area (Å²) in [6.45, 7) is 8.60. The van der Waals surface area contributed by atoms with Gasteiger partial charge in [-0.05, 0) is 5.92 Å². The first kappa shape index (κ1) is 16.0. The quantitative estimate of drug-likeness (QED) is 0.349. The van der Waals surface area contributed by atoms with Gasteiger partial charge < -0.3 is 0 Å². The molecule has 1 atom stereocenters. The van der Waals surface area contributed by atoms with Crippen molar-refractivity contribution >= 4 is 0 Å². The van der Waals surface area contributed by atoms with Gasteiger partial charge in [-0.25, -0.2) is 0 Å². The molecular weight excluding hydrogens is 192 g/mol. The molecule has 0 spiro atoms. The average molecular weight is 225 g/mol. The second-order valence-corrected chi connectivity index (χ2v) is 5.36. The van der Waals surface area contributed by atoms with Crippen LogP contribution in [0.25, 0.3) is 0 Å². The zero-order valence-electron chi connectivity index (χ0n) is 11.8. The predicted octanol–water partition coefficient (Wildman–Crippen LogP) is 6.16. The van der Waals surface area contributed by atoms with Crippen LogP contribution in [0.4, 0.5) is 0 Å². The molecule has 97 valence electrons. The van der Waals surface area contributed by atoms with Gasteiger partial charge in [0.15, 0.2) is 0 Å². The second-order valence-electron chi connectivity index (χ2n) is 5.36. The highest BCUT2D eigenvalue weighted by Gasteiger charge is 2.01. The lowest BCUT2D eigenvalue weighted by Gasteiger charge is -2.10. The van der Waals surface area contributed by atoms with Gasteiger partial charge >= 0.3 is 0 Å². The highest BCUT2D eigenvalue weighted by atomic mass is 14.1. The van der Waals surface area contributed by atoms with Gasteiger partial charge in [-0.1, -0.05) is 97.8 Å². The first-order valence-corrected chi connectivity index (χ1v) is 7.60. The van der Waals surface area contributed by atoms with Gasteiger partial charge in [0.25, 0.3) is 0 Å². The molecule has 0 aliphatic carbocycles. The Bertz CT molecular complexity index is 103. The summed E-state index contributed by atoms with van der Waals surface area (Å²) in [5.41, 5.74) is 0. The molecule has 0 saturated heterocycles. The van der Waals surface area contributed by atoms with Crippen LogP contribution in [0.5, 0.6) is 0 Å². The zero-order chi connectivity index (χ0) is 12.1. The molecule has 0 heterocycles. The van der Waals surface area contributed by atoms with Crippen molar-refractivity contribution < 1.29 is 0 Å². The second kappa shape index (κ2) is 13.1. The van der Waals surface area contributed by atoms with E-state index in [-0.39, 0.29) is 0 Å². The minimum absolute atomic E-state index is 0.960. The van der Waals surface area contributed by atoms with Crippen molar-refractivity contribution in [2.75, 3.05) is 0 Å². The smallest absolute Gasteiger partial charge is 0.0443 e. The predicted molar refractivity (Wildman–Crippen MR) is 75.6 cm³/mol. The first-order valence-electron chi connectivity index (χ1n) is 7.60. The Morgan fingerprint density at radius 3 is 1.75 bits per heavy atom. The summed E-state index contributed by atoms with van der Waals surface area (Å²) in [7, 11) is 0. The SMILES string of the molecule is [CH2]CCCCCCC(C)CCCCCCC. The van der Waals surface area contributed by atoms with Gasteiger partial charge in [0.05, 0.1) is 0 Å². The molecule has 1 unspecified atom stereocenters. The molecule has 0 aromatic heterocycles. The maximum atomic E-state index is 3.88. The lowest BCUT2D eigenvalue weighted by Crippen LogP contribution is -1.95. The van der Waals surface area contributed by atoms with E-state index in [4.69, 9.17) is 0 Å². The van der Waals surface area contributed by atoms with E-state index in [0.29, 0.717) is 0 Å². The maximum absolute atomic E-state index is 3.88. The van der Waals surface area contributed by atoms with E-state index in [1.807, 2.05) is 0 Å². The Morgan fingerprint density at radius 2 is 1.25 bits per heavy atom. The summed E-state index contributed by atoms with van der Waals surface area (Å²) < 4.78 is 0. The summed E-state index contributed by atoms with van der Waals surface area (Å²) in [5, 5.41) is 0. The van der Waals surface area contributed by atoms with Crippen molar-refractivity contribution in [1.82, 2.24) is 0 Å². The third kappa shape index (κ3) is 12.1. The molecule has 1 radical (unpaired) electrons. The highest BCUT2D eigenvalue weighted by Crippen LogP contribution is 2.17. The minimum atomic E-state index is 0.960. The summed E-state index contributed by atoms with van der Waals surface area (Å²) in [6.07, 6.45) is 16.8. The molecule has 0 bridgehead atoms. The lowest BCUT2D eigenvalue weighted by molar-refractivity contribution is 0.434. The molecular formula is C16H33. The van der Waals surface area contributed by atoms with E-state index in [2.05, 4.69) is 20.8 Å². The van der Waals surface area contributed by atoms with E-state index >= 15 is 0 Å². The van der Waals surface area contributed by atoms with Gasteiger partial charge in [0, 0.05) is 0 Å². The van der Waals surface area contributed by atoms with Gasteiger partial charge in [-0.3, -0.25) is 0 Å². The standard InChI is InChI=1S/C16H33/c1-4-6-8-10-12-14-16(3)15-13-11-9-7-5-2/h16H,1,4-15H2,2-3H3. The average Bonchev–Trinajstić information content (AvgIpc) is 2.28. The Hall–Kier alpha value is 0. The topological polar surface area (TPSA) is 0 Å². The Balaban J connectivity index is 3.09. The van der Waals surface area contributed by atoms with Crippen molar-refractivity contribution in [3.63, 3.8) is 0 Å². The van der Waals surface area contributed by atoms with E-state index in [9.17, 15) is 0 Å². The van der Waals surface area contributed by atoms with Crippen molar-refractivity contribution in [1.29, 1.82) is 0 Å². The van der Waals surface area contributed by atoms with E-state index in [0.717, 1.165) is 12.3 Å². The molecule has 0 amide bonds. The summed E-state index contributed by atoms with van der Waals surface area (Å²) >= 11 is 0. The van der Waals surface area contributed by atoms with Crippen LogP contribution in [-0.2, 0) is 0 Å². The van der Waals surface area contributed by atoms with Crippen LogP contribution < -0.4 is 0 Å². The molecule has 0 fully saturated rings. The number of unbranched alkanes of at least 4 members (excludes halogenated alkanes) is 8. The largest absolute Gasteiger partial charge is 0.0654 e. The van der Waals surface area contributed by atoms with E-state index in [1.165, 1.54) is 70.6 Å². The first-order chi connectivity index (χ1) is 7.81. The molecule has 0 aromatic carbocycles. The third-order valence-electron chi connectivity index (χ3n) is 3.50. The van der Waals surface area contributed by atoms with Gasteiger partial charge in [-0.15, -0.1) is 0 Å². The molecule has 0 rings (SSSR count). The Morgan fingerprint density at radius 1 is 0.750 bits per heavy atom. The van der Waals surface area contributed by atoms with Crippen LogP contribution >= 0.6 is 0 Å². The zero-order valence-corrected chi connectivity index (χ0v) is 11.8. The summed E-state index contributed by atoms with van der Waals surface area (Å²) in [4.78, 5) is 0. The van der Waals surface area contributed by atoms with Crippen molar-refractivity contribution in [2.24, 2.45) is 5.92 Å². The molecule has 16 heavy (non-hydrogen) atoms. The molecule has 0 nitrogen and oxygen atoms in total. The lowest BCUT2D eigenvalue weighted by atomic mass is 9.96. The number of hydrogen-bond donors (Lipinski definition) is 0. The normalized spacial score (nSPS) is 11.2. The van der Waals surface area contributed by atoms with Gasteiger partial charge in [0.2, 0.25) is 0 Å². The monoisotopic (exact) mass is 225 g/mol. The Labute approximate surface area is 104 Å². The maximum Gasteiger partial charge on any atom is -0.0443 e. The van der Waals surface area contributed by atoms with Crippen molar-refractivity contribution in [2.45, 2.75) is 90.9 Å². The van der Waals surface area contributed by atoms with E-state index < -0.39 is 0 Å². The van der Waals surface area contributed by atoms with Gasteiger partial charge in [0.1, 0.15) is 0 Å². The fourth-order valence-corrected chi connectivity index (χ4v) is 2.26. The van der Waals surface area contributed by atoms with Crippen LogP contribution in [0.1, 0.15) is 90.9 Å². The molecule has 0 heteroatoms. The number of hydrogen-bond acceptors (Lipinski definition) is 0. The van der Waals surface area contributed by atoms with Crippen molar-refractivity contribution in [3.05, 3.63) is 6.92 Å².